The molecule has 12 heavy (non-hydrogen) atoms. The molecule has 0 amide bonds. The predicted octanol–water partition coefficient (Wildman–Crippen LogP) is 1.40. The summed E-state index contributed by atoms with van der Waals surface area (Å²) in [5.41, 5.74) is 0. The summed E-state index contributed by atoms with van der Waals surface area (Å²) >= 11 is 0. The average molecular weight is 172 g/mol. The minimum atomic E-state index is -0.757. The minimum Gasteiger partial charge on any atom is -0.481 e. The van der Waals surface area contributed by atoms with Gasteiger partial charge in [-0.1, -0.05) is 12.8 Å². The Morgan fingerprint density at radius 3 is 2.58 bits per heavy atom. The van der Waals surface area contributed by atoms with Gasteiger partial charge >= 0.3 is 5.97 Å². The Hall–Kier alpha value is -0.570. The van der Waals surface area contributed by atoms with Crippen molar-refractivity contribution >= 4 is 5.97 Å². The monoisotopic (exact) mass is 172 g/mol. The summed E-state index contributed by atoms with van der Waals surface area (Å²) in [6.07, 6.45) is 4.65. The van der Waals surface area contributed by atoms with E-state index < -0.39 is 5.97 Å². The van der Waals surface area contributed by atoms with Crippen molar-refractivity contribution in [2.75, 3.05) is 0 Å². The van der Waals surface area contributed by atoms with Crippen LogP contribution in [0.4, 0.5) is 0 Å². The van der Waals surface area contributed by atoms with Crippen molar-refractivity contribution in [1.82, 2.24) is 0 Å². The van der Waals surface area contributed by atoms with E-state index in [-0.39, 0.29) is 18.4 Å². The Morgan fingerprint density at radius 1 is 1.33 bits per heavy atom. The molecule has 0 unspecified atom stereocenters. The zero-order valence-corrected chi connectivity index (χ0v) is 7.20. The molecule has 0 spiro atoms. The largest absolute Gasteiger partial charge is 0.481 e. The molecule has 1 aliphatic rings. The molecule has 1 rings (SSSR count). The molecule has 0 aromatic carbocycles. The Bertz CT molecular complexity index is 156. The standard InChI is InChI=1S/C9H16O3/c10-8-4-2-1-3-7(8)5-6-9(11)12/h7-8,10H,1-6H2,(H,11,12)/t7-,8-/m1/s1. The molecular weight excluding hydrogens is 156 g/mol. The van der Waals surface area contributed by atoms with Crippen LogP contribution in [0.15, 0.2) is 0 Å². The lowest BCUT2D eigenvalue weighted by molar-refractivity contribution is -0.137. The van der Waals surface area contributed by atoms with Crippen molar-refractivity contribution in [3.8, 4) is 0 Å². The maximum atomic E-state index is 10.3. The molecule has 1 fully saturated rings. The highest BCUT2D eigenvalue weighted by atomic mass is 16.4. The normalized spacial score (nSPS) is 30.1. The van der Waals surface area contributed by atoms with Gasteiger partial charge in [-0.15, -0.1) is 0 Å². The van der Waals surface area contributed by atoms with Crippen LogP contribution in [0.2, 0.25) is 0 Å². The first-order valence-electron chi connectivity index (χ1n) is 4.60. The lowest BCUT2D eigenvalue weighted by atomic mass is 9.84. The fourth-order valence-corrected chi connectivity index (χ4v) is 1.83. The maximum absolute atomic E-state index is 10.3. The van der Waals surface area contributed by atoms with Gasteiger partial charge in [-0.05, 0) is 25.2 Å². The van der Waals surface area contributed by atoms with Gasteiger partial charge in [0.25, 0.3) is 0 Å². The molecule has 0 aliphatic heterocycles. The number of hydrogen-bond acceptors (Lipinski definition) is 2. The molecule has 0 radical (unpaired) electrons. The molecule has 0 aromatic rings. The summed E-state index contributed by atoms with van der Waals surface area (Å²) in [6, 6.07) is 0. The Morgan fingerprint density at radius 2 is 2.00 bits per heavy atom. The number of aliphatic carboxylic acids is 1. The zero-order valence-electron chi connectivity index (χ0n) is 7.20. The van der Waals surface area contributed by atoms with Crippen molar-refractivity contribution in [3.63, 3.8) is 0 Å². The van der Waals surface area contributed by atoms with Gasteiger partial charge in [-0.3, -0.25) is 4.79 Å². The smallest absolute Gasteiger partial charge is 0.303 e. The Balaban J connectivity index is 2.24. The maximum Gasteiger partial charge on any atom is 0.303 e. The van der Waals surface area contributed by atoms with E-state index >= 15 is 0 Å². The fourth-order valence-electron chi connectivity index (χ4n) is 1.83. The topological polar surface area (TPSA) is 57.5 Å². The van der Waals surface area contributed by atoms with E-state index in [1.54, 1.807) is 0 Å². The van der Waals surface area contributed by atoms with E-state index in [0.717, 1.165) is 25.7 Å². The number of carbonyl (C=O) groups is 1. The van der Waals surface area contributed by atoms with Gasteiger partial charge in [0.1, 0.15) is 0 Å². The van der Waals surface area contributed by atoms with Crippen LogP contribution in [0.25, 0.3) is 0 Å². The number of rotatable bonds is 3. The van der Waals surface area contributed by atoms with E-state index in [1.807, 2.05) is 0 Å². The molecule has 2 N–H and O–H groups in total. The number of hydrogen-bond donors (Lipinski definition) is 2. The van der Waals surface area contributed by atoms with Crippen LogP contribution in [0.3, 0.4) is 0 Å². The molecule has 0 aromatic heterocycles. The van der Waals surface area contributed by atoms with Crippen LogP contribution in [0, 0.1) is 5.92 Å². The highest BCUT2D eigenvalue weighted by Crippen LogP contribution is 2.27. The van der Waals surface area contributed by atoms with E-state index in [1.165, 1.54) is 0 Å². The van der Waals surface area contributed by atoms with E-state index in [0.29, 0.717) is 6.42 Å². The Kier molecular flexibility index (Phi) is 3.53. The first kappa shape index (κ1) is 9.52. The van der Waals surface area contributed by atoms with Gasteiger partial charge in [0.05, 0.1) is 6.10 Å². The lowest BCUT2D eigenvalue weighted by Gasteiger charge is -2.26. The van der Waals surface area contributed by atoms with Crippen LogP contribution >= 0.6 is 0 Å². The second kappa shape index (κ2) is 4.45. The van der Waals surface area contributed by atoms with E-state index in [4.69, 9.17) is 5.11 Å². The third-order valence-electron chi connectivity index (χ3n) is 2.60. The third-order valence-corrected chi connectivity index (χ3v) is 2.60. The van der Waals surface area contributed by atoms with E-state index in [2.05, 4.69) is 0 Å². The molecule has 1 aliphatic carbocycles. The number of aliphatic hydroxyl groups is 1. The summed E-state index contributed by atoms with van der Waals surface area (Å²) in [5, 5.41) is 17.9. The summed E-state index contributed by atoms with van der Waals surface area (Å²) in [6.45, 7) is 0. The van der Waals surface area contributed by atoms with Crippen molar-refractivity contribution in [3.05, 3.63) is 0 Å². The predicted molar refractivity (Wildman–Crippen MR) is 44.8 cm³/mol. The zero-order chi connectivity index (χ0) is 8.97. The van der Waals surface area contributed by atoms with Gasteiger partial charge in [0.2, 0.25) is 0 Å². The second-order valence-electron chi connectivity index (χ2n) is 3.54. The van der Waals surface area contributed by atoms with Gasteiger partial charge in [0.15, 0.2) is 0 Å². The van der Waals surface area contributed by atoms with Crippen LogP contribution in [-0.2, 0) is 4.79 Å². The molecule has 70 valence electrons. The van der Waals surface area contributed by atoms with Gasteiger partial charge in [-0.2, -0.15) is 0 Å². The van der Waals surface area contributed by atoms with Gasteiger partial charge in [0, 0.05) is 6.42 Å². The first-order chi connectivity index (χ1) is 5.70. The molecule has 3 nitrogen and oxygen atoms in total. The number of aliphatic hydroxyl groups excluding tert-OH is 1. The van der Waals surface area contributed by atoms with E-state index in [9.17, 15) is 9.90 Å². The molecule has 0 saturated heterocycles. The fraction of sp³-hybridized carbons (Fsp3) is 0.889. The van der Waals surface area contributed by atoms with Gasteiger partial charge < -0.3 is 10.2 Å². The molecule has 2 atom stereocenters. The summed E-state index contributed by atoms with van der Waals surface area (Å²) in [4.78, 5) is 10.3. The summed E-state index contributed by atoms with van der Waals surface area (Å²) < 4.78 is 0. The second-order valence-corrected chi connectivity index (χ2v) is 3.54. The van der Waals surface area contributed by atoms with Crippen LogP contribution in [0.5, 0.6) is 0 Å². The molecule has 1 saturated carbocycles. The third kappa shape index (κ3) is 2.81. The molecule has 0 heterocycles. The van der Waals surface area contributed by atoms with Crippen LogP contribution in [0.1, 0.15) is 38.5 Å². The molecule has 3 heteroatoms. The summed E-state index contributed by atoms with van der Waals surface area (Å²) in [5.74, 6) is -0.525. The highest BCUT2D eigenvalue weighted by Gasteiger charge is 2.22. The summed E-state index contributed by atoms with van der Waals surface area (Å²) in [7, 11) is 0. The number of carboxylic acids is 1. The van der Waals surface area contributed by atoms with Crippen molar-refractivity contribution < 1.29 is 15.0 Å². The Labute approximate surface area is 72.4 Å². The van der Waals surface area contributed by atoms with Crippen molar-refractivity contribution in [1.29, 1.82) is 0 Å². The molecule has 0 bridgehead atoms. The number of carboxylic acid groups (broad SMARTS) is 1. The minimum absolute atomic E-state index is 0.196. The first-order valence-corrected chi connectivity index (χ1v) is 4.60. The van der Waals surface area contributed by atoms with Crippen LogP contribution < -0.4 is 0 Å². The van der Waals surface area contributed by atoms with Crippen LogP contribution in [-0.4, -0.2) is 22.3 Å². The quantitative estimate of drug-likeness (QED) is 0.676. The lowest BCUT2D eigenvalue weighted by Crippen LogP contribution is -2.24. The SMILES string of the molecule is O=C(O)CC[C@H]1CCCC[C@H]1O. The van der Waals surface area contributed by atoms with Crippen molar-refractivity contribution in [2.24, 2.45) is 5.92 Å². The highest BCUT2D eigenvalue weighted by molar-refractivity contribution is 5.66. The average Bonchev–Trinajstić information content (AvgIpc) is 2.03. The molecular formula is C9H16O3. The van der Waals surface area contributed by atoms with Crippen molar-refractivity contribution in [2.45, 2.75) is 44.6 Å². The van der Waals surface area contributed by atoms with Gasteiger partial charge in [-0.25, -0.2) is 0 Å².